The predicted octanol–water partition coefficient (Wildman–Crippen LogP) is 2.71. The fourth-order valence-corrected chi connectivity index (χ4v) is 3.20. The Morgan fingerprint density at radius 3 is 2.39 bits per heavy atom. The van der Waals surface area contributed by atoms with Crippen LogP contribution >= 0.6 is 0 Å². The van der Waals surface area contributed by atoms with Crippen molar-refractivity contribution in [2.24, 2.45) is 11.3 Å². The monoisotopic (exact) mass is 254 g/mol. The first-order valence-corrected chi connectivity index (χ1v) is 7.16. The van der Waals surface area contributed by atoms with Gasteiger partial charge in [0.1, 0.15) is 0 Å². The second kappa shape index (κ2) is 5.60. The van der Waals surface area contributed by atoms with E-state index in [9.17, 15) is 4.79 Å². The van der Waals surface area contributed by atoms with Gasteiger partial charge in [-0.25, -0.2) is 0 Å². The Kier molecular flexibility index (Phi) is 4.82. The number of carbonyl (C=O) groups is 1. The van der Waals surface area contributed by atoms with E-state index in [0.29, 0.717) is 6.04 Å². The van der Waals surface area contributed by atoms with Gasteiger partial charge >= 0.3 is 0 Å². The lowest BCUT2D eigenvalue weighted by molar-refractivity contribution is -0.128. The highest BCUT2D eigenvalue weighted by Gasteiger charge is 2.32. The summed E-state index contributed by atoms with van der Waals surface area (Å²) in [6, 6.07) is 0.296. The maximum Gasteiger partial charge on any atom is 0.225 e. The molecule has 106 valence electrons. The maximum absolute atomic E-state index is 12.4. The van der Waals surface area contributed by atoms with Crippen LogP contribution in [0.25, 0.3) is 0 Å². The van der Waals surface area contributed by atoms with E-state index in [2.05, 4.69) is 52.2 Å². The van der Waals surface area contributed by atoms with Crippen LogP contribution in [0, 0.1) is 11.3 Å². The third kappa shape index (κ3) is 4.97. The zero-order valence-electron chi connectivity index (χ0n) is 12.9. The second-order valence-corrected chi connectivity index (χ2v) is 7.60. The maximum atomic E-state index is 12.4. The van der Waals surface area contributed by atoms with Gasteiger partial charge in [0.25, 0.3) is 0 Å². The number of hydrogen-bond acceptors (Lipinski definition) is 2. The summed E-state index contributed by atoms with van der Waals surface area (Å²) in [6.45, 7) is 14.0. The molecular formula is C15H30N2O. The molecule has 1 aliphatic heterocycles. The highest BCUT2D eigenvalue weighted by molar-refractivity contribution is 5.80. The average molecular weight is 254 g/mol. The largest absolute Gasteiger partial charge is 0.351 e. The second-order valence-electron chi connectivity index (χ2n) is 7.60. The molecule has 2 N–H and O–H groups in total. The van der Waals surface area contributed by atoms with Crippen LogP contribution in [-0.2, 0) is 4.79 Å². The fourth-order valence-electron chi connectivity index (χ4n) is 3.20. The Hall–Kier alpha value is -0.570. The van der Waals surface area contributed by atoms with Crippen molar-refractivity contribution in [2.75, 3.05) is 6.54 Å². The van der Waals surface area contributed by atoms with Crippen LogP contribution in [0.3, 0.4) is 0 Å². The summed E-state index contributed by atoms with van der Waals surface area (Å²) in [4.78, 5) is 12.4. The van der Waals surface area contributed by atoms with E-state index in [1.165, 1.54) is 0 Å². The normalized spacial score (nSPS) is 25.9. The van der Waals surface area contributed by atoms with E-state index in [1.54, 1.807) is 0 Å². The van der Waals surface area contributed by atoms with Crippen LogP contribution < -0.4 is 10.6 Å². The lowest BCUT2D eigenvalue weighted by atomic mass is 9.81. The molecule has 1 saturated heterocycles. The summed E-state index contributed by atoms with van der Waals surface area (Å²) in [7, 11) is 0. The highest BCUT2D eigenvalue weighted by Crippen LogP contribution is 2.27. The van der Waals surface area contributed by atoms with E-state index in [-0.39, 0.29) is 22.8 Å². The molecule has 0 radical (unpaired) electrons. The van der Waals surface area contributed by atoms with Crippen LogP contribution in [0.15, 0.2) is 0 Å². The predicted molar refractivity (Wildman–Crippen MR) is 76.5 cm³/mol. The van der Waals surface area contributed by atoms with Gasteiger partial charge in [0.2, 0.25) is 5.91 Å². The molecule has 0 saturated carbocycles. The van der Waals surface area contributed by atoms with Gasteiger partial charge in [0.05, 0.1) is 5.92 Å². The van der Waals surface area contributed by atoms with Crippen LogP contribution in [0.2, 0.25) is 0 Å². The minimum Gasteiger partial charge on any atom is -0.351 e. The van der Waals surface area contributed by atoms with Crippen LogP contribution in [0.5, 0.6) is 0 Å². The van der Waals surface area contributed by atoms with Gasteiger partial charge in [-0.15, -0.1) is 0 Å². The van der Waals surface area contributed by atoms with E-state index in [4.69, 9.17) is 0 Å². The van der Waals surface area contributed by atoms with Gasteiger partial charge in [-0.2, -0.15) is 0 Å². The summed E-state index contributed by atoms with van der Waals surface area (Å²) >= 11 is 0. The summed E-state index contributed by atoms with van der Waals surface area (Å²) in [6.07, 6.45) is 3.09. The number of nitrogens with one attached hydrogen (secondary N) is 2. The van der Waals surface area contributed by atoms with Crippen LogP contribution in [-0.4, -0.2) is 24.0 Å². The topological polar surface area (TPSA) is 41.1 Å². The first kappa shape index (κ1) is 15.5. The minimum absolute atomic E-state index is 0.123. The minimum atomic E-state index is -0.132. The molecule has 3 nitrogen and oxygen atoms in total. The lowest BCUT2D eigenvalue weighted by Crippen LogP contribution is -2.53. The molecule has 0 spiro atoms. The molecule has 1 heterocycles. The molecule has 0 bridgehead atoms. The number of rotatable bonds is 3. The van der Waals surface area contributed by atoms with Crippen LogP contribution in [0.4, 0.5) is 0 Å². The Balaban J connectivity index is 2.57. The van der Waals surface area contributed by atoms with E-state index < -0.39 is 0 Å². The van der Waals surface area contributed by atoms with E-state index in [1.807, 2.05) is 0 Å². The zero-order valence-corrected chi connectivity index (χ0v) is 12.9. The summed E-state index contributed by atoms with van der Waals surface area (Å²) in [5.74, 6) is 0.335. The summed E-state index contributed by atoms with van der Waals surface area (Å²) < 4.78 is 0. The smallest absolute Gasteiger partial charge is 0.225 e. The van der Waals surface area contributed by atoms with Gasteiger partial charge in [-0.1, -0.05) is 20.8 Å². The van der Waals surface area contributed by atoms with Gasteiger partial charge in [0.15, 0.2) is 0 Å². The molecule has 2 unspecified atom stereocenters. The number of hydrogen-bond donors (Lipinski definition) is 2. The Morgan fingerprint density at radius 2 is 1.89 bits per heavy atom. The quantitative estimate of drug-likeness (QED) is 0.813. The van der Waals surface area contributed by atoms with Crippen molar-refractivity contribution >= 4 is 5.91 Å². The van der Waals surface area contributed by atoms with Crippen molar-refractivity contribution in [3.8, 4) is 0 Å². The molecule has 1 fully saturated rings. The van der Waals surface area contributed by atoms with Crippen molar-refractivity contribution in [3.63, 3.8) is 0 Å². The molecule has 3 heteroatoms. The van der Waals surface area contributed by atoms with Crippen molar-refractivity contribution in [1.82, 2.24) is 10.6 Å². The Bertz CT molecular complexity index is 291. The zero-order chi connectivity index (χ0) is 14.0. The molecule has 1 rings (SSSR count). The third-order valence-corrected chi connectivity index (χ3v) is 3.53. The molecule has 2 atom stereocenters. The van der Waals surface area contributed by atoms with Crippen molar-refractivity contribution in [2.45, 2.75) is 72.4 Å². The standard InChI is InChI=1S/C15H30N2O/c1-11-12(8-7-9-16-11)13(18)17-15(5,6)10-14(2,3)4/h11-12,16H,7-10H2,1-6H3,(H,17,18). The molecule has 0 aromatic heterocycles. The number of piperidine rings is 1. The number of amides is 1. The lowest BCUT2D eigenvalue weighted by Gasteiger charge is -2.36. The van der Waals surface area contributed by atoms with E-state index >= 15 is 0 Å². The third-order valence-electron chi connectivity index (χ3n) is 3.53. The molecule has 1 amide bonds. The van der Waals surface area contributed by atoms with Gasteiger partial charge in [-0.3, -0.25) is 4.79 Å². The average Bonchev–Trinajstić information content (AvgIpc) is 2.12. The Labute approximate surface area is 112 Å². The van der Waals surface area contributed by atoms with Crippen LogP contribution in [0.1, 0.15) is 60.8 Å². The van der Waals surface area contributed by atoms with Crippen molar-refractivity contribution in [3.05, 3.63) is 0 Å². The van der Waals surface area contributed by atoms with Crippen molar-refractivity contribution in [1.29, 1.82) is 0 Å². The highest BCUT2D eigenvalue weighted by atomic mass is 16.2. The molecule has 0 aromatic rings. The first-order valence-electron chi connectivity index (χ1n) is 7.16. The molecule has 1 aliphatic rings. The summed E-state index contributed by atoms with van der Waals surface area (Å²) in [5.41, 5.74) is 0.0969. The molecule has 0 aromatic carbocycles. The SMILES string of the molecule is CC1NCCCC1C(=O)NC(C)(C)CC(C)(C)C. The summed E-state index contributed by atoms with van der Waals surface area (Å²) in [5, 5.41) is 6.62. The fraction of sp³-hybridized carbons (Fsp3) is 0.933. The van der Waals surface area contributed by atoms with Gasteiger partial charge in [0, 0.05) is 11.6 Å². The van der Waals surface area contributed by atoms with Gasteiger partial charge in [-0.05, 0) is 52.0 Å². The molecular weight excluding hydrogens is 224 g/mol. The number of carbonyl (C=O) groups excluding carboxylic acids is 1. The van der Waals surface area contributed by atoms with Crippen molar-refractivity contribution < 1.29 is 4.79 Å². The van der Waals surface area contributed by atoms with Gasteiger partial charge < -0.3 is 10.6 Å². The molecule has 0 aliphatic carbocycles. The Morgan fingerprint density at radius 1 is 1.28 bits per heavy atom. The van der Waals surface area contributed by atoms with E-state index in [0.717, 1.165) is 25.8 Å². The first-order chi connectivity index (χ1) is 8.11. The molecule has 18 heavy (non-hydrogen) atoms.